The summed E-state index contributed by atoms with van der Waals surface area (Å²) in [5, 5.41) is 3.07. The highest BCUT2D eigenvalue weighted by molar-refractivity contribution is 9.10. The lowest BCUT2D eigenvalue weighted by molar-refractivity contribution is 0.415. The number of nitrogen functional groups attached to an aromatic ring is 1. The molecule has 0 spiro atoms. The summed E-state index contributed by atoms with van der Waals surface area (Å²) < 4.78 is 19.0. The van der Waals surface area contributed by atoms with Crippen molar-refractivity contribution in [3.8, 4) is 5.75 Å². The number of aromatic nitrogens is 2. The molecule has 4 N–H and O–H groups in total. The van der Waals surface area contributed by atoms with Gasteiger partial charge in [-0.3, -0.25) is 0 Å². The standard InChI is InChI=1S/C12H13BrFN5O/c1-6-3-8(14)7(13)4-9(6)18-11-10(20-2)12(19-15)17-5-16-11/h3-5H,15H2,1-2H3,(H2,16,17,18,19). The Morgan fingerprint density at radius 3 is 2.65 bits per heavy atom. The number of methoxy groups -OCH3 is 1. The zero-order valence-electron chi connectivity index (χ0n) is 10.9. The van der Waals surface area contributed by atoms with Gasteiger partial charge in [-0.15, -0.1) is 0 Å². The molecule has 0 bridgehead atoms. The van der Waals surface area contributed by atoms with Gasteiger partial charge in [-0.05, 0) is 40.5 Å². The molecule has 106 valence electrons. The SMILES string of the molecule is COc1c(NN)ncnc1Nc1cc(Br)c(F)cc1C. The number of rotatable bonds is 4. The number of benzene rings is 1. The average Bonchev–Trinajstić information content (AvgIpc) is 2.44. The van der Waals surface area contributed by atoms with Crippen molar-refractivity contribution >= 4 is 33.3 Å². The van der Waals surface area contributed by atoms with Gasteiger partial charge < -0.3 is 15.5 Å². The van der Waals surface area contributed by atoms with Crippen LogP contribution in [0.15, 0.2) is 22.9 Å². The van der Waals surface area contributed by atoms with Gasteiger partial charge in [0.2, 0.25) is 5.75 Å². The fourth-order valence-electron chi connectivity index (χ4n) is 1.67. The fraction of sp³-hybridized carbons (Fsp3) is 0.167. The molecule has 2 rings (SSSR count). The second kappa shape index (κ2) is 6.02. The van der Waals surface area contributed by atoms with Crippen molar-refractivity contribution in [2.75, 3.05) is 17.9 Å². The van der Waals surface area contributed by atoms with Gasteiger partial charge >= 0.3 is 0 Å². The summed E-state index contributed by atoms with van der Waals surface area (Å²) in [7, 11) is 1.48. The summed E-state index contributed by atoms with van der Waals surface area (Å²) in [5.41, 5.74) is 3.85. The Balaban J connectivity index is 2.42. The van der Waals surface area contributed by atoms with Crippen LogP contribution in [0.1, 0.15) is 5.56 Å². The molecule has 0 aliphatic heterocycles. The minimum Gasteiger partial charge on any atom is -0.490 e. The molecule has 8 heteroatoms. The van der Waals surface area contributed by atoms with Crippen molar-refractivity contribution in [1.29, 1.82) is 0 Å². The lowest BCUT2D eigenvalue weighted by Gasteiger charge is -2.14. The zero-order valence-corrected chi connectivity index (χ0v) is 12.5. The minimum absolute atomic E-state index is 0.327. The van der Waals surface area contributed by atoms with Gasteiger partial charge in [-0.2, -0.15) is 0 Å². The molecule has 0 amide bonds. The molecule has 1 heterocycles. The number of ether oxygens (including phenoxy) is 1. The van der Waals surface area contributed by atoms with Crippen LogP contribution in [0.25, 0.3) is 0 Å². The molecule has 0 unspecified atom stereocenters. The van der Waals surface area contributed by atoms with E-state index in [1.54, 1.807) is 13.0 Å². The van der Waals surface area contributed by atoms with E-state index < -0.39 is 0 Å². The highest BCUT2D eigenvalue weighted by Crippen LogP contribution is 2.33. The molecule has 0 atom stereocenters. The highest BCUT2D eigenvalue weighted by atomic mass is 79.9. The van der Waals surface area contributed by atoms with Gasteiger partial charge in [0, 0.05) is 5.69 Å². The summed E-state index contributed by atoms with van der Waals surface area (Å²) in [6, 6.07) is 3.05. The number of hydrazine groups is 1. The van der Waals surface area contributed by atoms with E-state index in [0.717, 1.165) is 5.56 Å². The molecule has 20 heavy (non-hydrogen) atoms. The topological polar surface area (TPSA) is 85.1 Å². The van der Waals surface area contributed by atoms with E-state index >= 15 is 0 Å². The van der Waals surface area contributed by atoms with E-state index in [-0.39, 0.29) is 5.82 Å². The Morgan fingerprint density at radius 2 is 2.00 bits per heavy atom. The minimum atomic E-state index is -0.327. The summed E-state index contributed by atoms with van der Waals surface area (Å²) in [4.78, 5) is 8.04. The first-order valence-electron chi connectivity index (χ1n) is 5.65. The Hall–Kier alpha value is -1.93. The monoisotopic (exact) mass is 341 g/mol. The zero-order chi connectivity index (χ0) is 14.7. The lowest BCUT2D eigenvalue weighted by atomic mass is 10.2. The summed E-state index contributed by atoms with van der Waals surface area (Å²) in [6.45, 7) is 1.79. The van der Waals surface area contributed by atoms with Gasteiger partial charge in [0.15, 0.2) is 11.6 Å². The Kier molecular flexibility index (Phi) is 4.35. The van der Waals surface area contributed by atoms with E-state index in [4.69, 9.17) is 10.6 Å². The molecule has 2 aromatic rings. The molecule has 1 aromatic carbocycles. The maximum Gasteiger partial charge on any atom is 0.205 e. The van der Waals surface area contributed by atoms with Crippen LogP contribution in [0, 0.1) is 12.7 Å². The average molecular weight is 342 g/mol. The van der Waals surface area contributed by atoms with E-state index in [1.165, 1.54) is 19.5 Å². The first kappa shape index (κ1) is 14.5. The Bertz CT molecular complexity index is 637. The molecule has 6 nitrogen and oxygen atoms in total. The van der Waals surface area contributed by atoms with E-state index in [1.807, 2.05) is 0 Å². The van der Waals surface area contributed by atoms with Crippen LogP contribution in [0.5, 0.6) is 5.75 Å². The molecule has 1 aromatic heterocycles. The number of hydrogen-bond donors (Lipinski definition) is 3. The van der Waals surface area contributed by atoms with Crippen LogP contribution in [-0.4, -0.2) is 17.1 Å². The quantitative estimate of drug-likeness (QED) is 0.585. The maximum atomic E-state index is 13.4. The number of anilines is 3. The van der Waals surface area contributed by atoms with Crippen LogP contribution in [0.3, 0.4) is 0 Å². The fourth-order valence-corrected chi connectivity index (χ4v) is 2.01. The van der Waals surface area contributed by atoms with E-state index in [2.05, 4.69) is 36.6 Å². The highest BCUT2D eigenvalue weighted by Gasteiger charge is 2.13. The van der Waals surface area contributed by atoms with Crippen molar-refractivity contribution < 1.29 is 9.13 Å². The number of nitrogens with two attached hydrogens (primary N) is 1. The number of aryl methyl sites for hydroxylation is 1. The first-order valence-corrected chi connectivity index (χ1v) is 6.44. The van der Waals surface area contributed by atoms with Gasteiger partial charge in [-0.25, -0.2) is 20.2 Å². The normalized spacial score (nSPS) is 10.2. The number of nitrogens with zero attached hydrogens (tertiary/aromatic N) is 2. The third-order valence-electron chi connectivity index (χ3n) is 2.67. The molecule has 0 aliphatic rings. The van der Waals surface area contributed by atoms with Crippen LogP contribution < -0.4 is 21.3 Å². The van der Waals surface area contributed by atoms with Crippen molar-refractivity contribution in [3.63, 3.8) is 0 Å². The smallest absolute Gasteiger partial charge is 0.205 e. The second-order valence-electron chi connectivity index (χ2n) is 3.95. The molecule has 0 aliphatic carbocycles. The summed E-state index contributed by atoms with van der Waals surface area (Å²) in [5.74, 6) is 6.18. The molecular formula is C12H13BrFN5O. The summed E-state index contributed by atoms with van der Waals surface area (Å²) >= 11 is 3.15. The van der Waals surface area contributed by atoms with Crippen LogP contribution in [0.4, 0.5) is 21.7 Å². The van der Waals surface area contributed by atoms with Gasteiger partial charge in [0.25, 0.3) is 0 Å². The van der Waals surface area contributed by atoms with Crippen LogP contribution in [0.2, 0.25) is 0 Å². The molecule has 0 radical (unpaired) electrons. The van der Waals surface area contributed by atoms with Crippen LogP contribution >= 0.6 is 15.9 Å². The van der Waals surface area contributed by atoms with Gasteiger partial charge in [0.05, 0.1) is 11.6 Å². The van der Waals surface area contributed by atoms with Crippen molar-refractivity contribution in [2.24, 2.45) is 5.84 Å². The van der Waals surface area contributed by atoms with Crippen molar-refractivity contribution in [1.82, 2.24) is 9.97 Å². The predicted octanol–water partition coefficient (Wildman–Crippen LogP) is 2.72. The third-order valence-corrected chi connectivity index (χ3v) is 3.27. The van der Waals surface area contributed by atoms with Gasteiger partial charge in [-0.1, -0.05) is 0 Å². The summed E-state index contributed by atoms with van der Waals surface area (Å²) in [6.07, 6.45) is 1.34. The van der Waals surface area contributed by atoms with E-state index in [0.29, 0.717) is 27.5 Å². The first-order chi connectivity index (χ1) is 9.56. The van der Waals surface area contributed by atoms with Crippen LogP contribution in [-0.2, 0) is 0 Å². The second-order valence-corrected chi connectivity index (χ2v) is 4.81. The van der Waals surface area contributed by atoms with Crippen molar-refractivity contribution in [3.05, 3.63) is 34.3 Å². The van der Waals surface area contributed by atoms with Crippen molar-refractivity contribution in [2.45, 2.75) is 6.92 Å². The van der Waals surface area contributed by atoms with E-state index in [9.17, 15) is 4.39 Å². The number of hydrogen-bond acceptors (Lipinski definition) is 6. The molecular weight excluding hydrogens is 329 g/mol. The largest absolute Gasteiger partial charge is 0.490 e. The predicted molar refractivity (Wildman–Crippen MR) is 78.5 cm³/mol. The lowest BCUT2D eigenvalue weighted by Crippen LogP contribution is -2.11. The Morgan fingerprint density at radius 1 is 1.30 bits per heavy atom. The van der Waals surface area contributed by atoms with Gasteiger partial charge in [0.1, 0.15) is 12.1 Å². The molecule has 0 saturated heterocycles. The molecule has 0 saturated carbocycles. The third kappa shape index (κ3) is 2.81. The molecule has 0 fully saturated rings. The number of nitrogens with one attached hydrogen (secondary N) is 2. The maximum absolute atomic E-state index is 13.4. The Labute approximate surface area is 123 Å². The number of halogens is 2.